The van der Waals surface area contributed by atoms with Gasteiger partial charge in [-0.25, -0.2) is 0 Å². The summed E-state index contributed by atoms with van der Waals surface area (Å²) < 4.78 is 3.50. The Kier molecular flexibility index (Phi) is 3.73. The van der Waals surface area contributed by atoms with Gasteiger partial charge >= 0.3 is 0 Å². The van der Waals surface area contributed by atoms with Gasteiger partial charge in [0.05, 0.1) is 11.9 Å². The highest BCUT2D eigenvalue weighted by Gasteiger charge is 2.13. The van der Waals surface area contributed by atoms with Crippen LogP contribution in [0.4, 0.5) is 0 Å². The van der Waals surface area contributed by atoms with Crippen molar-refractivity contribution in [2.24, 2.45) is 14.1 Å². The van der Waals surface area contributed by atoms with E-state index in [-0.39, 0.29) is 6.04 Å². The molecule has 6 heteroatoms. The third kappa shape index (κ3) is 2.57. The number of hydrogen-bond acceptors (Lipinski definition) is 3. The summed E-state index contributed by atoms with van der Waals surface area (Å²) in [5.41, 5.74) is 3.18. The lowest BCUT2D eigenvalue weighted by atomic mass is 10.2. The predicted octanol–water partition coefficient (Wildman–Crippen LogP) is 1.97. The first-order valence-corrected chi connectivity index (χ1v) is 6.26. The van der Waals surface area contributed by atoms with Gasteiger partial charge in [0.25, 0.3) is 0 Å². The third-order valence-electron chi connectivity index (χ3n) is 3.08. The van der Waals surface area contributed by atoms with E-state index in [0.29, 0.717) is 11.7 Å². The SMILES string of the molecule is Cc1nn(C)c(Cl)c1CNC(C)c1cnn(C)c1. The molecule has 2 rings (SSSR count). The van der Waals surface area contributed by atoms with Crippen molar-refractivity contribution in [3.8, 4) is 0 Å². The number of nitrogens with zero attached hydrogens (tertiary/aromatic N) is 4. The summed E-state index contributed by atoms with van der Waals surface area (Å²) in [6.45, 7) is 4.78. The molecular formula is C12H18ClN5. The van der Waals surface area contributed by atoms with E-state index in [9.17, 15) is 0 Å². The maximum Gasteiger partial charge on any atom is 0.131 e. The highest BCUT2D eigenvalue weighted by atomic mass is 35.5. The van der Waals surface area contributed by atoms with Crippen molar-refractivity contribution < 1.29 is 0 Å². The van der Waals surface area contributed by atoms with Crippen molar-refractivity contribution in [3.63, 3.8) is 0 Å². The second-order valence-electron chi connectivity index (χ2n) is 4.53. The van der Waals surface area contributed by atoms with Crippen LogP contribution in [0.1, 0.15) is 29.8 Å². The van der Waals surface area contributed by atoms with Crippen LogP contribution in [0, 0.1) is 6.92 Å². The van der Waals surface area contributed by atoms with Crippen molar-refractivity contribution in [1.29, 1.82) is 0 Å². The number of nitrogens with one attached hydrogen (secondary N) is 1. The third-order valence-corrected chi connectivity index (χ3v) is 3.55. The molecule has 0 amide bonds. The molecule has 18 heavy (non-hydrogen) atoms. The quantitative estimate of drug-likeness (QED) is 0.921. The average Bonchev–Trinajstić information content (AvgIpc) is 2.83. The van der Waals surface area contributed by atoms with Crippen molar-refractivity contribution in [2.75, 3.05) is 0 Å². The van der Waals surface area contributed by atoms with E-state index < -0.39 is 0 Å². The molecule has 0 radical (unpaired) electrons. The van der Waals surface area contributed by atoms with Crippen LogP contribution in [0.25, 0.3) is 0 Å². The summed E-state index contributed by atoms with van der Waals surface area (Å²) in [6, 6.07) is 0.231. The van der Waals surface area contributed by atoms with Gasteiger partial charge in [0.1, 0.15) is 5.15 Å². The second-order valence-corrected chi connectivity index (χ2v) is 4.89. The molecule has 0 saturated heterocycles. The van der Waals surface area contributed by atoms with Gasteiger partial charge in [-0.3, -0.25) is 9.36 Å². The van der Waals surface area contributed by atoms with E-state index in [2.05, 4.69) is 22.4 Å². The van der Waals surface area contributed by atoms with Gasteiger partial charge in [0.2, 0.25) is 0 Å². The Hall–Kier alpha value is -1.33. The van der Waals surface area contributed by atoms with Gasteiger partial charge in [-0.1, -0.05) is 11.6 Å². The second kappa shape index (κ2) is 5.12. The Morgan fingerprint density at radius 3 is 2.67 bits per heavy atom. The number of aromatic nitrogens is 4. The van der Waals surface area contributed by atoms with Crippen LogP contribution < -0.4 is 5.32 Å². The standard InChI is InChI=1S/C12H18ClN5/c1-8(10-5-15-17(3)7-10)14-6-11-9(2)16-18(4)12(11)13/h5,7-8,14H,6H2,1-4H3. The number of hydrogen-bond donors (Lipinski definition) is 1. The fourth-order valence-corrected chi connectivity index (χ4v) is 2.15. The van der Waals surface area contributed by atoms with Crippen LogP contribution in [0.15, 0.2) is 12.4 Å². The molecule has 0 aromatic carbocycles. The summed E-state index contributed by atoms with van der Waals surface area (Å²) in [4.78, 5) is 0. The monoisotopic (exact) mass is 267 g/mol. The Morgan fingerprint density at radius 1 is 1.44 bits per heavy atom. The first-order valence-electron chi connectivity index (χ1n) is 5.89. The van der Waals surface area contributed by atoms with E-state index in [1.165, 1.54) is 0 Å². The molecule has 1 unspecified atom stereocenters. The topological polar surface area (TPSA) is 47.7 Å². The van der Waals surface area contributed by atoms with E-state index in [0.717, 1.165) is 16.8 Å². The number of halogens is 1. The normalized spacial score (nSPS) is 12.9. The van der Waals surface area contributed by atoms with Crippen LogP contribution >= 0.6 is 11.6 Å². The molecule has 0 fully saturated rings. The lowest BCUT2D eigenvalue weighted by Gasteiger charge is -2.11. The molecule has 98 valence electrons. The van der Waals surface area contributed by atoms with E-state index in [1.54, 1.807) is 9.36 Å². The first-order chi connectivity index (χ1) is 8.49. The van der Waals surface area contributed by atoms with Crippen molar-refractivity contribution >= 4 is 11.6 Å². The summed E-state index contributed by atoms with van der Waals surface area (Å²) >= 11 is 6.19. The summed E-state index contributed by atoms with van der Waals surface area (Å²) in [6.07, 6.45) is 3.88. The molecule has 2 aromatic heterocycles. The molecule has 2 heterocycles. The molecule has 2 aromatic rings. The van der Waals surface area contributed by atoms with Gasteiger partial charge in [0.15, 0.2) is 0 Å². The summed E-state index contributed by atoms with van der Waals surface area (Å²) in [7, 11) is 3.77. The van der Waals surface area contributed by atoms with Crippen molar-refractivity contribution in [2.45, 2.75) is 26.4 Å². The van der Waals surface area contributed by atoms with Gasteiger partial charge in [-0.05, 0) is 13.8 Å². The Morgan fingerprint density at radius 2 is 2.17 bits per heavy atom. The zero-order valence-corrected chi connectivity index (χ0v) is 11.9. The van der Waals surface area contributed by atoms with E-state index >= 15 is 0 Å². The van der Waals surface area contributed by atoms with Crippen LogP contribution in [0.2, 0.25) is 5.15 Å². The van der Waals surface area contributed by atoms with Crippen molar-refractivity contribution in [1.82, 2.24) is 24.9 Å². The molecule has 0 bridgehead atoms. The van der Waals surface area contributed by atoms with Crippen LogP contribution in [0.3, 0.4) is 0 Å². The Labute approximate surface area is 112 Å². The van der Waals surface area contributed by atoms with Gasteiger partial charge in [0, 0.05) is 44.0 Å². The van der Waals surface area contributed by atoms with E-state index in [1.807, 2.05) is 33.4 Å². The van der Waals surface area contributed by atoms with Crippen LogP contribution in [-0.2, 0) is 20.6 Å². The number of rotatable bonds is 4. The molecular weight excluding hydrogens is 250 g/mol. The highest BCUT2D eigenvalue weighted by molar-refractivity contribution is 6.30. The van der Waals surface area contributed by atoms with Crippen LogP contribution in [0.5, 0.6) is 0 Å². The molecule has 5 nitrogen and oxygen atoms in total. The van der Waals surface area contributed by atoms with Gasteiger partial charge in [-0.15, -0.1) is 0 Å². The Balaban J connectivity index is 2.03. The zero-order valence-electron chi connectivity index (χ0n) is 11.1. The molecule has 0 spiro atoms. The maximum atomic E-state index is 6.19. The summed E-state index contributed by atoms with van der Waals surface area (Å²) in [5, 5.41) is 12.6. The lowest BCUT2D eigenvalue weighted by molar-refractivity contribution is 0.573. The van der Waals surface area contributed by atoms with Gasteiger partial charge in [-0.2, -0.15) is 10.2 Å². The van der Waals surface area contributed by atoms with Crippen LogP contribution in [-0.4, -0.2) is 19.6 Å². The maximum absolute atomic E-state index is 6.19. The minimum Gasteiger partial charge on any atom is -0.306 e. The minimum absolute atomic E-state index is 0.231. The highest BCUT2D eigenvalue weighted by Crippen LogP contribution is 2.20. The lowest BCUT2D eigenvalue weighted by Crippen LogP contribution is -2.18. The fraction of sp³-hybridized carbons (Fsp3) is 0.500. The molecule has 1 N–H and O–H groups in total. The zero-order chi connectivity index (χ0) is 13.3. The molecule has 0 saturated carbocycles. The minimum atomic E-state index is 0.231. The van der Waals surface area contributed by atoms with Gasteiger partial charge < -0.3 is 5.32 Å². The molecule has 0 aliphatic heterocycles. The number of aryl methyl sites for hydroxylation is 3. The Bertz CT molecular complexity index is 543. The van der Waals surface area contributed by atoms with E-state index in [4.69, 9.17) is 11.6 Å². The fourth-order valence-electron chi connectivity index (χ4n) is 1.91. The van der Waals surface area contributed by atoms with Crippen molar-refractivity contribution in [3.05, 3.63) is 34.4 Å². The summed E-state index contributed by atoms with van der Waals surface area (Å²) in [5.74, 6) is 0. The first kappa shape index (κ1) is 13.1. The predicted molar refractivity (Wildman–Crippen MR) is 71.4 cm³/mol. The molecule has 1 atom stereocenters. The molecule has 0 aliphatic carbocycles. The smallest absolute Gasteiger partial charge is 0.131 e. The average molecular weight is 268 g/mol. The largest absolute Gasteiger partial charge is 0.306 e. The molecule has 0 aliphatic rings.